The summed E-state index contributed by atoms with van der Waals surface area (Å²) in [5.74, 6) is -0.611. The number of nitrogens with zero attached hydrogens (tertiary/aromatic N) is 1. The van der Waals surface area contributed by atoms with Gasteiger partial charge in [0.15, 0.2) is 0 Å². The van der Waals surface area contributed by atoms with Gasteiger partial charge < -0.3 is 16.0 Å². The molecule has 3 N–H and O–H groups in total. The highest BCUT2D eigenvalue weighted by Gasteiger charge is 2.55. The zero-order valence-corrected chi connectivity index (χ0v) is 14.0. The number of hydrogen-bond donors (Lipinski definition) is 3. The van der Waals surface area contributed by atoms with Crippen LogP contribution in [0.1, 0.15) is 30.4 Å². The summed E-state index contributed by atoms with van der Waals surface area (Å²) in [6.45, 7) is 1.45. The number of amides is 4. The standard InChI is InChI=1S/C18H22N4O3/c23-15(20-13-5-3-9-19-10-13)11-22-16(24)18(21-17(22)25)8-7-12-4-1-2-6-14(12)18/h1-2,4,6,13,19H,3,5,7-11H2,(H,20,23)(H,21,25)/t13-,18?/m0/s1. The highest BCUT2D eigenvalue weighted by molar-refractivity contribution is 6.09. The highest BCUT2D eigenvalue weighted by Crippen LogP contribution is 2.41. The van der Waals surface area contributed by atoms with Crippen LogP contribution < -0.4 is 16.0 Å². The fraction of sp³-hybridized carbons (Fsp3) is 0.500. The minimum atomic E-state index is -1.000. The molecule has 0 aromatic heterocycles. The Labute approximate surface area is 146 Å². The maximum absolute atomic E-state index is 13.0. The molecule has 4 rings (SSSR count). The number of carbonyl (C=O) groups is 3. The van der Waals surface area contributed by atoms with Crippen LogP contribution in [0.2, 0.25) is 0 Å². The number of hydrogen-bond acceptors (Lipinski definition) is 4. The average Bonchev–Trinajstić information content (AvgIpc) is 3.10. The fourth-order valence-electron chi connectivity index (χ4n) is 4.13. The maximum atomic E-state index is 13.0. The summed E-state index contributed by atoms with van der Waals surface area (Å²) >= 11 is 0. The zero-order chi connectivity index (χ0) is 17.4. The molecule has 0 radical (unpaired) electrons. The normalized spacial score (nSPS) is 28.2. The Morgan fingerprint density at radius 2 is 2.16 bits per heavy atom. The molecule has 4 amide bonds. The lowest BCUT2D eigenvalue weighted by Crippen LogP contribution is -2.49. The van der Waals surface area contributed by atoms with E-state index in [1.165, 1.54) is 0 Å². The van der Waals surface area contributed by atoms with Crippen LogP contribution in [0.3, 0.4) is 0 Å². The van der Waals surface area contributed by atoms with Crippen LogP contribution in [0.25, 0.3) is 0 Å². The van der Waals surface area contributed by atoms with Crippen molar-refractivity contribution >= 4 is 17.8 Å². The van der Waals surface area contributed by atoms with Crippen LogP contribution in [0.5, 0.6) is 0 Å². The Bertz CT molecular complexity index is 729. The van der Waals surface area contributed by atoms with Crippen LogP contribution in [-0.4, -0.2) is 48.4 Å². The topological polar surface area (TPSA) is 90.5 Å². The molecule has 1 aliphatic carbocycles. The summed E-state index contributed by atoms with van der Waals surface area (Å²) in [5, 5.41) is 8.98. The van der Waals surface area contributed by atoms with Crippen molar-refractivity contribution in [3.05, 3.63) is 35.4 Å². The van der Waals surface area contributed by atoms with E-state index in [4.69, 9.17) is 0 Å². The number of urea groups is 1. The van der Waals surface area contributed by atoms with E-state index in [9.17, 15) is 14.4 Å². The van der Waals surface area contributed by atoms with Gasteiger partial charge in [-0.15, -0.1) is 0 Å². The summed E-state index contributed by atoms with van der Waals surface area (Å²) < 4.78 is 0. The Kier molecular flexibility index (Phi) is 3.95. The number of imide groups is 1. The summed E-state index contributed by atoms with van der Waals surface area (Å²) in [6.07, 6.45) is 3.21. The van der Waals surface area contributed by atoms with Gasteiger partial charge in [-0.25, -0.2) is 4.79 Å². The SMILES string of the molecule is O=C(CN1C(=O)NC2(CCc3ccccc32)C1=O)N[C@H]1CCCNC1. The molecule has 25 heavy (non-hydrogen) atoms. The van der Waals surface area contributed by atoms with Gasteiger partial charge >= 0.3 is 6.03 Å². The Morgan fingerprint density at radius 3 is 2.96 bits per heavy atom. The molecule has 2 aliphatic heterocycles. The predicted molar refractivity (Wildman–Crippen MR) is 90.7 cm³/mol. The second kappa shape index (κ2) is 6.15. The van der Waals surface area contributed by atoms with Gasteiger partial charge in [0.2, 0.25) is 5.91 Å². The number of piperidine rings is 1. The predicted octanol–water partition coefficient (Wildman–Crippen LogP) is 0.248. The second-order valence-corrected chi connectivity index (χ2v) is 6.99. The summed E-state index contributed by atoms with van der Waals surface area (Å²) in [6, 6.07) is 7.24. The van der Waals surface area contributed by atoms with Crippen molar-refractivity contribution in [2.75, 3.05) is 19.6 Å². The number of rotatable bonds is 3. The van der Waals surface area contributed by atoms with Crippen molar-refractivity contribution in [3.8, 4) is 0 Å². The van der Waals surface area contributed by atoms with Gasteiger partial charge in [-0.05, 0) is 43.4 Å². The van der Waals surface area contributed by atoms with Crippen molar-refractivity contribution in [2.45, 2.75) is 37.3 Å². The van der Waals surface area contributed by atoms with Gasteiger partial charge in [-0.1, -0.05) is 24.3 Å². The zero-order valence-electron chi connectivity index (χ0n) is 14.0. The van der Waals surface area contributed by atoms with Crippen molar-refractivity contribution in [1.82, 2.24) is 20.9 Å². The summed E-state index contributed by atoms with van der Waals surface area (Å²) in [5.41, 5.74) is 0.934. The molecule has 1 spiro atoms. The van der Waals surface area contributed by atoms with Crippen molar-refractivity contribution in [1.29, 1.82) is 0 Å². The van der Waals surface area contributed by atoms with Gasteiger partial charge in [-0.2, -0.15) is 0 Å². The van der Waals surface area contributed by atoms with E-state index >= 15 is 0 Å². The quantitative estimate of drug-likeness (QED) is 0.687. The summed E-state index contributed by atoms with van der Waals surface area (Å²) in [4.78, 5) is 38.7. The molecule has 2 atom stereocenters. The first-order chi connectivity index (χ1) is 12.1. The number of benzene rings is 1. The van der Waals surface area contributed by atoms with E-state index in [0.29, 0.717) is 6.42 Å². The molecule has 132 valence electrons. The van der Waals surface area contributed by atoms with E-state index in [0.717, 1.165) is 48.4 Å². The Balaban J connectivity index is 1.48. The highest BCUT2D eigenvalue weighted by atomic mass is 16.2. The first-order valence-electron chi connectivity index (χ1n) is 8.83. The monoisotopic (exact) mass is 342 g/mol. The van der Waals surface area contributed by atoms with Gasteiger partial charge in [-0.3, -0.25) is 14.5 Å². The molecule has 2 heterocycles. The molecule has 1 aromatic rings. The summed E-state index contributed by atoms with van der Waals surface area (Å²) in [7, 11) is 0. The maximum Gasteiger partial charge on any atom is 0.325 e. The first kappa shape index (κ1) is 16.1. The molecular formula is C18H22N4O3. The smallest absolute Gasteiger partial charge is 0.325 e. The Hall–Kier alpha value is -2.41. The van der Waals surface area contributed by atoms with Gasteiger partial charge in [0.05, 0.1) is 0 Å². The van der Waals surface area contributed by atoms with Crippen molar-refractivity contribution < 1.29 is 14.4 Å². The Morgan fingerprint density at radius 1 is 1.32 bits per heavy atom. The van der Waals surface area contributed by atoms with Crippen LogP contribution in [0.4, 0.5) is 4.79 Å². The van der Waals surface area contributed by atoms with Crippen LogP contribution in [0, 0.1) is 0 Å². The van der Waals surface area contributed by atoms with Crippen LogP contribution in [-0.2, 0) is 21.5 Å². The van der Waals surface area contributed by atoms with Gasteiger partial charge in [0, 0.05) is 12.6 Å². The molecule has 1 aromatic carbocycles. The van der Waals surface area contributed by atoms with Crippen LogP contribution in [0.15, 0.2) is 24.3 Å². The number of carbonyl (C=O) groups excluding carboxylic acids is 3. The molecule has 3 aliphatic rings. The average molecular weight is 342 g/mol. The minimum absolute atomic E-state index is 0.0585. The lowest BCUT2D eigenvalue weighted by molar-refractivity contribution is -0.135. The fourth-order valence-corrected chi connectivity index (χ4v) is 4.13. The third-order valence-electron chi connectivity index (χ3n) is 5.39. The third kappa shape index (κ3) is 2.68. The molecule has 7 heteroatoms. The molecule has 0 saturated carbocycles. The van der Waals surface area contributed by atoms with E-state index in [2.05, 4.69) is 16.0 Å². The van der Waals surface area contributed by atoms with E-state index in [1.807, 2.05) is 24.3 Å². The lowest BCUT2D eigenvalue weighted by Gasteiger charge is -2.25. The number of aryl methyl sites for hydroxylation is 1. The van der Waals surface area contributed by atoms with Crippen molar-refractivity contribution in [2.24, 2.45) is 0 Å². The lowest BCUT2D eigenvalue weighted by atomic mass is 9.92. The van der Waals surface area contributed by atoms with E-state index in [-0.39, 0.29) is 24.4 Å². The van der Waals surface area contributed by atoms with E-state index < -0.39 is 11.6 Å². The van der Waals surface area contributed by atoms with E-state index in [1.54, 1.807) is 0 Å². The molecule has 2 fully saturated rings. The van der Waals surface area contributed by atoms with Crippen molar-refractivity contribution in [3.63, 3.8) is 0 Å². The third-order valence-corrected chi connectivity index (χ3v) is 5.39. The minimum Gasteiger partial charge on any atom is -0.351 e. The molecular weight excluding hydrogens is 320 g/mol. The second-order valence-electron chi connectivity index (χ2n) is 6.99. The molecule has 0 bridgehead atoms. The first-order valence-corrected chi connectivity index (χ1v) is 8.83. The van der Waals surface area contributed by atoms with Gasteiger partial charge in [0.25, 0.3) is 5.91 Å². The van der Waals surface area contributed by atoms with Gasteiger partial charge in [0.1, 0.15) is 12.1 Å². The van der Waals surface area contributed by atoms with Crippen LogP contribution >= 0.6 is 0 Å². The molecule has 2 saturated heterocycles. The number of fused-ring (bicyclic) bond motifs is 2. The molecule has 1 unspecified atom stereocenters. The molecule has 7 nitrogen and oxygen atoms in total. The number of nitrogens with one attached hydrogen (secondary N) is 3. The largest absolute Gasteiger partial charge is 0.351 e.